The first-order valence-electron chi connectivity index (χ1n) is 7.72. The Morgan fingerprint density at radius 2 is 1.76 bits per heavy atom. The fraction of sp³-hybridized carbons (Fsp3) is 0.529. The highest BCUT2D eigenvalue weighted by Crippen LogP contribution is 2.47. The van der Waals surface area contributed by atoms with Gasteiger partial charge in [0.1, 0.15) is 0 Å². The molecule has 0 radical (unpaired) electrons. The molecule has 0 aromatic heterocycles. The zero-order chi connectivity index (χ0) is 15.0. The standard InChI is InChI=1S/C17H22N2O2/c1-12(18)13-5-4-6-14(9-13)19-15(20)10-17(11-16(19)21)7-2-3-8-17/h4-6,9,12H,2-3,7-8,10-11,18H2,1H3. The highest BCUT2D eigenvalue weighted by Gasteiger charge is 2.45. The molecule has 1 aromatic carbocycles. The molecular formula is C17H22N2O2. The molecule has 1 heterocycles. The van der Waals surface area contributed by atoms with Gasteiger partial charge < -0.3 is 5.73 Å². The zero-order valence-electron chi connectivity index (χ0n) is 12.5. The Bertz CT molecular complexity index is 554. The van der Waals surface area contributed by atoms with E-state index in [4.69, 9.17) is 5.73 Å². The summed E-state index contributed by atoms with van der Waals surface area (Å²) < 4.78 is 0. The quantitative estimate of drug-likeness (QED) is 0.850. The Labute approximate surface area is 125 Å². The van der Waals surface area contributed by atoms with E-state index in [1.165, 1.54) is 4.90 Å². The Morgan fingerprint density at radius 3 is 2.33 bits per heavy atom. The number of imide groups is 1. The van der Waals surface area contributed by atoms with Crippen LogP contribution in [0.25, 0.3) is 0 Å². The van der Waals surface area contributed by atoms with Crippen LogP contribution in [0.15, 0.2) is 24.3 Å². The van der Waals surface area contributed by atoms with Gasteiger partial charge in [0, 0.05) is 18.9 Å². The van der Waals surface area contributed by atoms with E-state index in [0.717, 1.165) is 31.2 Å². The molecule has 2 N–H and O–H groups in total. The molecule has 3 rings (SSSR count). The van der Waals surface area contributed by atoms with Crippen LogP contribution in [0.5, 0.6) is 0 Å². The van der Waals surface area contributed by atoms with Crippen LogP contribution in [-0.2, 0) is 9.59 Å². The average molecular weight is 286 g/mol. The highest BCUT2D eigenvalue weighted by molar-refractivity contribution is 6.17. The Balaban J connectivity index is 1.88. The topological polar surface area (TPSA) is 63.4 Å². The van der Waals surface area contributed by atoms with Gasteiger partial charge in [0.2, 0.25) is 11.8 Å². The van der Waals surface area contributed by atoms with E-state index in [1.54, 1.807) is 0 Å². The number of nitrogens with zero attached hydrogens (tertiary/aromatic N) is 1. The van der Waals surface area contributed by atoms with Crippen molar-refractivity contribution in [3.8, 4) is 0 Å². The van der Waals surface area contributed by atoms with E-state index in [2.05, 4.69) is 0 Å². The Hall–Kier alpha value is -1.68. The third-order valence-electron chi connectivity index (χ3n) is 4.87. The van der Waals surface area contributed by atoms with Gasteiger partial charge in [0.05, 0.1) is 5.69 Å². The van der Waals surface area contributed by atoms with Crippen molar-refractivity contribution >= 4 is 17.5 Å². The van der Waals surface area contributed by atoms with Crippen LogP contribution in [0.1, 0.15) is 57.1 Å². The molecule has 1 saturated carbocycles. The van der Waals surface area contributed by atoms with Crippen molar-refractivity contribution in [3.05, 3.63) is 29.8 Å². The first-order valence-corrected chi connectivity index (χ1v) is 7.72. The number of amides is 2. The fourth-order valence-electron chi connectivity index (χ4n) is 3.71. The van der Waals surface area contributed by atoms with Gasteiger partial charge in [-0.25, -0.2) is 0 Å². The molecule has 2 amide bonds. The maximum absolute atomic E-state index is 12.5. The minimum absolute atomic E-state index is 0.0521. The summed E-state index contributed by atoms with van der Waals surface area (Å²) in [4.78, 5) is 26.4. The van der Waals surface area contributed by atoms with Crippen molar-refractivity contribution in [2.45, 2.75) is 51.5 Å². The van der Waals surface area contributed by atoms with Crippen LogP contribution in [0.2, 0.25) is 0 Å². The van der Waals surface area contributed by atoms with Crippen LogP contribution < -0.4 is 10.6 Å². The first-order chi connectivity index (χ1) is 10.0. The molecule has 1 aliphatic heterocycles. The van der Waals surface area contributed by atoms with E-state index in [0.29, 0.717) is 18.5 Å². The van der Waals surface area contributed by atoms with Crippen LogP contribution in [0, 0.1) is 5.41 Å². The van der Waals surface area contributed by atoms with Crippen molar-refractivity contribution in [3.63, 3.8) is 0 Å². The zero-order valence-corrected chi connectivity index (χ0v) is 12.5. The summed E-state index contributed by atoms with van der Waals surface area (Å²) in [5, 5.41) is 0. The van der Waals surface area contributed by atoms with Gasteiger partial charge >= 0.3 is 0 Å². The van der Waals surface area contributed by atoms with Crippen LogP contribution in [0.4, 0.5) is 5.69 Å². The summed E-state index contributed by atoms with van der Waals surface area (Å²) in [5.74, 6) is -0.120. The van der Waals surface area contributed by atoms with Gasteiger partial charge in [-0.2, -0.15) is 0 Å². The van der Waals surface area contributed by atoms with E-state index < -0.39 is 0 Å². The summed E-state index contributed by atoms with van der Waals surface area (Å²) >= 11 is 0. The molecule has 112 valence electrons. The second-order valence-corrected chi connectivity index (χ2v) is 6.57. The van der Waals surface area contributed by atoms with Crippen molar-refractivity contribution in [1.82, 2.24) is 0 Å². The van der Waals surface area contributed by atoms with Crippen LogP contribution >= 0.6 is 0 Å². The van der Waals surface area contributed by atoms with E-state index in [-0.39, 0.29) is 23.3 Å². The predicted octanol–water partition coefficient (Wildman–Crippen LogP) is 2.92. The summed E-state index contributed by atoms with van der Waals surface area (Å²) in [7, 11) is 0. The molecule has 1 atom stereocenters. The molecule has 1 saturated heterocycles. The number of hydrogen-bond donors (Lipinski definition) is 1. The number of benzene rings is 1. The molecule has 2 aliphatic rings. The van der Waals surface area contributed by atoms with Crippen molar-refractivity contribution in [1.29, 1.82) is 0 Å². The normalized spacial score (nSPS) is 22.9. The van der Waals surface area contributed by atoms with E-state index in [1.807, 2.05) is 31.2 Å². The molecule has 21 heavy (non-hydrogen) atoms. The van der Waals surface area contributed by atoms with E-state index >= 15 is 0 Å². The molecule has 4 nitrogen and oxygen atoms in total. The number of carbonyl (C=O) groups is 2. The lowest BCUT2D eigenvalue weighted by molar-refractivity contribution is -0.133. The predicted molar refractivity (Wildman–Crippen MR) is 81.7 cm³/mol. The fourth-order valence-corrected chi connectivity index (χ4v) is 3.71. The third kappa shape index (κ3) is 2.60. The first kappa shape index (κ1) is 14.3. The van der Waals surface area contributed by atoms with Crippen molar-refractivity contribution in [2.24, 2.45) is 11.1 Å². The smallest absolute Gasteiger partial charge is 0.234 e. The second kappa shape index (κ2) is 5.26. The van der Waals surface area contributed by atoms with Gasteiger partial charge in [0.25, 0.3) is 0 Å². The SMILES string of the molecule is CC(N)c1cccc(N2C(=O)CC3(CCCC3)CC2=O)c1. The number of anilines is 1. The summed E-state index contributed by atoms with van der Waals surface area (Å²) in [6.07, 6.45) is 5.31. The van der Waals surface area contributed by atoms with Gasteiger partial charge in [-0.1, -0.05) is 25.0 Å². The molecule has 4 heteroatoms. The second-order valence-electron chi connectivity index (χ2n) is 6.57. The lowest BCUT2D eigenvalue weighted by Gasteiger charge is -2.37. The maximum atomic E-state index is 12.5. The number of piperidine rings is 1. The molecule has 2 fully saturated rings. The average Bonchev–Trinajstić information content (AvgIpc) is 2.86. The minimum Gasteiger partial charge on any atom is -0.324 e. The molecule has 0 bridgehead atoms. The molecule has 1 unspecified atom stereocenters. The van der Waals surface area contributed by atoms with Crippen molar-refractivity contribution < 1.29 is 9.59 Å². The summed E-state index contributed by atoms with van der Waals surface area (Å²) in [6.45, 7) is 1.90. The third-order valence-corrected chi connectivity index (χ3v) is 4.87. The van der Waals surface area contributed by atoms with Crippen LogP contribution in [0.3, 0.4) is 0 Å². The summed E-state index contributed by atoms with van der Waals surface area (Å²) in [5.41, 5.74) is 7.43. The van der Waals surface area contributed by atoms with Gasteiger partial charge in [0.15, 0.2) is 0 Å². The maximum Gasteiger partial charge on any atom is 0.234 e. The van der Waals surface area contributed by atoms with E-state index in [9.17, 15) is 9.59 Å². The lowest BCUT2D eigenvalue weighted by atomic mass is 9.76. The minimum atomic E-state index is -0.110. The van der Waals surface area contributed by atoms with Gasteiger partial charge in [-0.15, -0.1) is 0 Å². The Kier molecular flexibility index (Phi) is 3.57. The number of hydrogen-bond acceptors (Lipinski definition) is 3. The highest BCUT2D eigenvalue weighted by atomic mass is 16.2. The van der Waals surface area contributed by atoms with Crippen molar-refractivity contribution in [2.75, 3.05) is 4.90 Å². The molecule has 1 aliphatic carbocycles. The number of carbonyl (C=O) groups excluding carboxylic acids is 2. The van der Waals surface area contributed by atoms with Crippen LogP contribution in [-0.4, -0.2) is 11.8 Å². The number of rotatable bonds is 2. The molecule has 1 spiro atoms. The molecule has 1 aromatic rings. The van der Waals surface area contributed by atoms with Gasteiger partial charge in [-0.05, 0) is 42.9 Å². The monoisotopic (exact) mass is 286 g/mol. The largest absolute Gasteiger partial charge is 0.324 e. The van der Waals surface area contributed by atoms with Gasteiger partial charge in [-0.3, -0.25) is 14.5 Å². The molecular weight excluding hydrogens is 264 g/mol. The number of nitrogens with two attached hydrogens (primary N) is 1. The Morgan fingerprint density at radius 1 is 1.14 bits per heavy atom. The lowest BCUT2D eigenvalue weighted by Crippen LogP contribution is -2.47. The summed E-state index contributed by atoms with van der Waals surface area (Å²) in [6, 6.07) is 7.34.